The Labute approximate surface area is 57.0 Å². The Kier molecular flexibility index (Phi) is 1.78. The summed E-state index contributed by atoms with van der Waals surface area (Å²) in [5, 5.41) is 8.28. The van der Waals surface area contributed by atoms with Crippen LogP contribution in [0.4, 0.5) is 0 Å². The van der Waals surface area contributed by atoms with Gasteiger partial charge in [0.25, 0.3) is 5.88 Å². The summed E-state index contributed by atoms with van der Waals surface area (Å²) >= 11 is 0. The van der Waals surface area contributed by atoms with Gasteiger partial charge in [-0.05, 0) is 0 Å². The van der Waals surface area contributed by atoms with E-state index < -0.39 is 0 Å². The smallest absolute Gasteiger partial charge is 0.255 e. The maximum atomic E-state index is 8.28. The molecule has 0 aromatic carbocycles. The van der Waals surface area contributed by atoms with E-state index in [0.29, 0.717) is 0 Å². The van der Waals surface area contributed by atoms with Gasteiger partial charge >= 0.3 is 0 Å². The molecule has 0 radical (unpaired) electrons. The molecule has 50 valence electrons. The lowest BCUT2D eigenvalue weighted by Gasteiger charge is -1.92. The van der Waals surface area contributed by atoms with E-state index >= 15 is 0 Å². The third kappa shape index (κ3) is 1.18. The molecule has 5 nitrogen and oxygen atoms in total. The summed E-state index contributed by atoms with van der Waals surface area (Å²) < 4.78 is 0. The summed E-state index contributed by atoms with van der Waals surface area (Å²) in [5.74, 6) is 4.95. The van der Waals surface area contributed by atoms with Gasteiger partial charge < -0.3 is 4.84 Å². The number of hydrogen-bond donors (Lipinski definition) is 1. The molecule has 0 spiro atoms. The van der Waals surface area contributed by atoms with Crippen molar-refractivity contribution in [1.29, 1.82) is 5.26 Å². The summed E-state index contributed by atoms with van der Waals surface area (Å²) in [5.41, 5.74) is 0.237. The Morgan fingerprint density at radius 2 is 2.30 bits per heavy atom. The first-order valence-corrected chi connectivity index (χ1v) is 2.45. The van der Waals surface area contributed by atoms with Gasteiger partial charge in [-0.25, -0.2) is 9.97 Å². The Balaban J connectivity index is 2.93. The van der Waals surface area contributed by atoms with Gasteiger partial charge in [-0.1, -0.05) is 0 Å². The SMILES string of the molecule is N#Cc1cnc(ON)cn1. The van der Waals surface area contributed by atoms with Crippen LogP contribution in [-0.4, -0.2) is 9.97 Å². The zero-order valence-electron chi connectivity index (χ0n) is 4.98. The van der Waals surface area contributed by atoms with E-state index in [-0.39, 0.29) is 11.6 Å². The van der Waals surface area contributed by atoms with E-state index in [1.807, 2.05) is 6.07 Å². The molecule has 1 rings (SSSR count). The molecular formula is C5H4N4O. The van der Waals surface area contributed by atoms with E-state index in [2.05, 4.69) is 14.8 Å². The molecule has 2 N–H and O–H groups in total. The lowest BCUT2D eigenvalue weighted by molar-refractivity contribution is 0.319. The molecule has 1 aromatic rings. The van der Waals surface area contributed by atoms with Gasteiger partial charge in [0.15, 0.2) is 5.69 Å². The number of rotatable bonds is 1. The predicted octanol–water partition coefficient (Wildman–Crippen LogP) is -0.399. The van der Waals surface area contributed by atoms with Crippen LogP contribution in [0.25, 0.3) is 0 Å². The van der Waals surface area contributed by atoms with Crippen molar-refractivity contribution in [1.82, 2.24) is 9.97 Å². The van der Waals surface area contributed by atoms with Gasteiger partial charge in [-0.15, -0.1) is 0 Å². The summed E-state index contributed by atoms with van der Waals surface area (Å²) in [4.78, 5) is 11.5. The minimum Gasteiger partial charge on any atom is -0.389 e. The van der Waals surface area contributed by atoms with E-state index in [0.717, 1.165) is 0 Å². The average Bonchev–Trinajstić information content (AvgIpc) is 2.05. The Morgan fingerprint density at radius 3 is 2.70 bits per heavy atom. The van der Waals surface area contributed by atoms with Crippen LogP contribution in [0, 0.1) is 11.3 Å². The first-order chi connectivity index (χ1) is 4.86. The third-order valence-electron chi connectivity index (χ3n) is 0.863. The zero-order chi connectivity index (χ0) is 7.40. The van der Waals surface area contributed by atoms with Crippen LogP contribution >= 0.6 is 0 Å². The predicted molar refractivity (Wildman–Crippen MR) is 31.6 cm³/mol. The molecule has 1 heterocycles. The van der Waals surface area contributed by atoms with Crippen molar-refractivity contribution in [3.63, 3.8) is 0 Å². The lowest BCUT2D eigenvalue weighted by Crippen LogP contribution is -2.04. The molecule has 0 amide bonds. The molecule has 0 atom stereocenters. The summed E-state index contributed by atoms with van der Waals surface area (Å²) in [7, 11) is 0. The molecule has 0 aliphatic heterocycles. The fourth-order valence-electron chi connectivity index (χ4n) is 0.435. The summed E-state index contributed by atoms with van der Waals surface area (Å²) in [6.45, 7) is 0. The second-order valence-electron chi connectivity index (χ2n) is 1.47. The van der Waals surface area contributed by atoms with Gasteiger partial charge in [0, 0.05) is 0 Å². The van der Waals surface area contributed by atoms with Crippen LogP contribution in [0.15, 0.2) is 12.4 Å². The second-order valence-corrected chi connectivity index (χ2v) is 1.47. The van der Waals surface area contributed by atoms with E-state index in [1.54, 1.807) is 0 Å². The first-order valence-electron chi connectivity index (χ1n) is 2.45. The molecule has 0 fully saturated rings. The van der Waals surface area contributed by atoms with Crippen LogP contribution < -0.4 is 10.7 Å². The number of nitrogens with zero attached hydrogens (tertiary/aromatic N) is 3. The highest BCUT2D eigenvalue weighted by Gasteiger charge is 1.93. The molecular weight excluding hydrogens is 132 g/mol. The Morgan fingerprint density at radius 1 is 1.50 bits per heavy atom. The summed E-state index contributed by atoms with van der Waals surface area (Å²) in [6.07, 6.45) is 2.56. The highest BCUT2D eigenvalue weighted by molar-refractivity contribution is 5.17. The molecule has 1 aromatic heterocycles. The van der Waals surface area contributed by atoms with Gasteiger partial charge in [-0.3, -0.25) is 0 Å². The number of nitriles is 1. The lowest BCUT2D eigenvalue weighted by atomic mass is 10.5. The standard InChI is InChI=1S/C5H4N4O/c6-1-4-2-9-5(10-7)3-8-4/h2-3H,7H2. The van der Waals surface area contributed by atoms with Crippen LogP contribution in [-0.2, 0) is 0 Å². The highest BCUT2D eigenvalue weighted by atomic mass is 16.6. The van der Waals surface area contributed by atoms with Crippen molar-refractivity contribution >= 4 is 0 Å². The van der Waals surface area contributed by atoms with Gasteiger partial charge in [0.2, 0.25) is 0 Å². The van der Waals surface area contributed by atoms with Crippen molar-refractivity contribution in [2.24, 2.45) is 5.90 Å². The largest absolute Gasteiger partial charge is 0.389 e. The molecule has 0 aliphatic carbocycles. The third-order valence-corrected chi connectivity index (χ3v) is 0.863. The minimum absolute atomic E-state index is 0.194. The highest BCUT2D eigenvalue weighted by Crippen LogP contribution is 1.99. The van der Waals surface area contributed by atoms with Crippen LogP contribution in [0.1, 0.15) is 5.69 Å². The molecule has 0 saturated carbocycles. The maximum Gasteiger partial charge on any atom is 0.255 e. The number of hydrogen-bond acceptors (Lipinski definition) is 5. The Bertz CT molecular complexity index is 249. The molecule has 0 unspecified atom stereocenters. The maximum absolute atomic E-state index is 8.28. The Hall–Kier alpha value is -1.67. The van der Waals surface area contributed by atoms with Crippen molar-refractivity contribution in [2.45, 2.75) is 0 Å². The fourth-order valence-corrected chi connectivity index (χ4v) is 0.435. The zero-order valence-corrected chi connectivity index (χ0v) is 4.98. The molecule has 10 heavy (non-hydrogen) atoms. The molecule has 5 heteroatoms. The number of aromatic nitrogens is 2. The van der Waals surface area contributed by atoms with Crippen molar-refractivity contribution in [3.05, 3.63) is 18.1 Å². The van der Waals surface area contributed by atoms with Crippen molar-refractivity contribution in [2.75, 3.05) is 0 Å². The average molecular weight is 136 g/mol. The minimum atomic E-state index is 0.194. The van der Waals surface area contributed by atoms with Crippen LogP contribution in [0.2, 0.25) is 0 Å². The van der Waals surface area contributed by atoms with Gasteiger partial charge in [-0.2, -0.15) is 11.2 Å². The van der Waals surface area contributed by atoms with Crippen molar-refractivity contribution in [3.8, 4) is 11.9 Å². The van der Waals surface area contributed by atoms with E-state index in [9.17, 15) is 0 Å². The number of nitrogens with two attached hydrogens (primary N) is 1. The quantitative estimate of drug-likeness (QED) is 0.531. The van der Waals surface area contributed by atoms with Crippen LogP contribution in [0.5, 0.6) is 5.88 Å². The van der Waals surface area contributed by atoms with E-state index in [4.69, 9.17) is 11.2 Å². The molecule has 0 saturated heterocycles. The van der Waals surface area contributed by atoms with Crippen molar-refractivity contribution < 1.29 is 4.84 Å². The van der Waals surface area contributed by atoms with Gasteiger partial charge in [0.1, 0.15) is 6.07 Å². The second kappa shape index (κ2) is 2.75. The van der Waals surface area contributed by atoms with E-state index in [1.165, 1.54) is 12.4 Å². The monoisotopic (exact) mass is 136 g/mol. The van der Waals surface area contributed by atoms with Crippen LogP contribution in [0.3, 0.4) is 0 Å². The topological polar surface area (TPSA) is 84.8 Å². The first kappa shape index (κ1) is 6.45. The molecule has 0 bridgehead atoms. The normalized spacial score (nSPS) is 8.40. The fraction of sp³-hybridized carbons (Fsp3) is 0. The van der Waals surface area contributed by atoms with Gasteiger partial charge in [0.05, 0.1) is 12.4 Å². The molecule has 0 aliphatic rings. The summed E-state index contributed by atoms with van der Waals surface area (Å²) in [6, 6.07) is 1.81.